The number of rotatable bonds is 3. The number of aryl methyl sites for hydroxylation is 2. The number of halogens is 1. The molecule has 0 unspecified atom stereocenters. The molecule has 0 spiro atoms. The zero-order chi connectivity index (χ0) is 15.6. The fourth-order valence-corrected chi connectivity index (χ4v) is 1.93. The Labute approximate surface area is 120 Å². The number of carbonyl (C=O) groups excluding carboxylic acids is 1. The number of carbonyl (C=O) groups is 1. The molecule has 0 fully saturated rings. The summed E-state index contributed by atoms with van der Waals surface area (Å²) >= 11 is 0. The van der Waals surface area contributed by atoms with Crippen molar-refractivity contribution in [1.82, 2.24) is 0 Å². The van der Waals surface area contributed by atoms with Crippen LogP contribution in [-0.4, -0.2) is 10.8 Å². The summed E-state index contributed by atoms with van der Waals surface area (Å²) in [5, 5.41) is 13.4. The molecular formula is C15H13FN2O3. The zero-order valence-electron chi connectivity index (χ0n) is 11.5. The third kappa shape index (κ3) is 3.22. The van der Waals surface area contributed by atoms with E-state index < -0.39 is 16.6 Å². The van der Waals surface area contributed by atoms with Crippen LogP contribution in [0.3, 0.4) is 0 Å². The smallest absolute Gasteiger partial charge is 0.271 e. The van der Waals surface area contributed by atoms with Crippen LogP contribution in [0.1, 0.15) is 21.5 Å². The first-order valence-corrected chi connectivity index (χ1v) is 6.21. The minimum absolute atomic E-state index is 0.105. The molecule has 1 N–H and O–H groups in total. The molecule has 21 heavy (non-hydrogen) atoms. The molecule has 0 atom stereocenters. The third-order valence-corrected chi connectivity index (χ3v) is 3.11. The average Bonchev–Trinajstić information content (AvgIpc) is 2.40. The van der Waals surface area contributed by atoms with Gasteiger partial charge in [0.05, 0.1) is 10.6 Å². The first-order valence-electron chi connectivity index (χ1n) is 6.21. The summed E-state index contributed by atoms with van der Waals surface area (Å²) in [5.74, 6) is -0.855. The predicted molar refractivity (Wildman–Crippen MR) is 76.9 cm³/mol. The van der Waals surface area contributed by atoms with Crippen molar-refractivity contribution in [2.45, 2.75) is 13.8 Å². The molecule has 0 aliphatic rings. The van der Waals surface area contributed by atoms with E-state index in [4.69, 9.17) is 0 Å². The first kappa shape index (κ1) is 14.6. The van der Waals surface area contributed by atoms with Crippen molar-refractivity contribution in [3.05, 3.63) is 69.0 Å². The van der Waals surface area contributed by atoms with Crippen molar-refractivity contribution >= 4 is 17.3 Å². The molecule has 2 aromatic carbocycles. The zero-order valence-corrected chi connectivity index (χ0v) is 11.5. The molecule has 0 heterocycles. The lowest BCUT2D eigenvalue weighted by Gasteiger charge is -2.10. The highest BCUT2D eigenvalue weighted by Gasteiger charge is 2.14. The SMILES string of the molecule is Cc1ccc([N+](=O)[O-])cc1NC(=O)c1ccc(F)cc1C. The predicted octanol–water partition coefficient (Wildman–Crippen LogP) is 3.60. The monoisotopic (exact) mass is 288 g/mol. The summed E-state index contributed by atoms with van der Waals surface area (Å²) < 4.78 is 13.0. The summed E-state index contributed by atoms with van der Waals surface area (Å²) in [6, 6.07) is 8.07. The summed E-state index contributed by atoms with van der Waals surface area (Å²) in [5.41, 5.74) is 1.77. The fraction of sp³-hybridized carbons (Fsp3) is 0.133. The summed E-state index contributed by atoms with van der Waals surface area (Å²) in [6.07, 6.45) is 0. The van der Waals surface area contributed by atoms with Crippen LogP contribution >= 0.6 is 0 Å². The van der Waals surface area contributed by atoms with E-state index in [1.807, 2.05) is 0 Å². The van der Waals surface area contributed by atoms with Gasteiger partial charge >= 0.3 is 0 Å². The quantitative estimate of drug-likeness (QED) is 0.692. The number of nitro benzene ring substituents is 1. The number of non-ortho nitro benzene ring substituents is 1. The van der Waals surface area contributed by atoms with E-state index in [0.29, 0.717) is 22.4 Å². The minimum atomic E-state index is -0.530. The second-order valence-electron chi connectivity index (χ2n) is 4.67. The lowest BCUT2D eigenvalue weighted by molar-refractivity contribution is -0.384. The van der Waals surface area contributed by atoms with Crippen LogP contribution in [0, 0.1) is 29.8 Å². The lowest BCUT2D eigenvalue weighted by Crippen LogP contribution is -2.14. The van der Waals surface area contributed by atoms with Crippen molar-refractivity contribution in [3.8, 4) is 0 Å². The van der Waals surface area contributed by atoms with E-state index in [9.17, 15) is 19.3 Å². The number of anilines is 1. The van der Waals surface area contributed by atoms with Crippen molar-refractivity contribution in [2.75, 3.05) is 5.32 Å². The van der Waals surface area contributed by atoms with E-state index in [0.717, 1.165) is 0 Å². The molecule has 108 valence electrons. The molecule has 0 aromatic heterocycles. The van der Waals surface area contributed by atoms with Crippen LogP contribution in [0.15, 0.2) is 36.4 Å². The van der Waals surface area contributed by atoms with E-state index in [1.54, 1.807) is 19.9 Å². The van der Waals surface area contributed by atoms with Gasteiger partial charge in [0.25, 0.3) is 11.6 Å². The number of hydrogen-bond donors (Lipinski definition) is 1. The molecule has 2 aromatic rings. The number of hydrogen-bond acceptors (Lipinski definition) is 3. The van der Waals surface area contributed by atoms with Crippen molar-refractivity contribution in [2.24, 2.45) is 0 Å². The summed E-state index contributed by atoms with van der Waals surface area (Å²) in [6.45, 7) is 3.36. The van der Waals surface area contributed by atoms with Crippen LogP contribution in [-0.2, 0) is 0 Å². The highest BCUT2D eigenvalue weighted by Crippen LogP contribution is 2.23. The first-order chi connectivity index (χ1) is 9.88. The second kappa shape index (κ2) is 5.70. The highest BCUT2D eigenvalue weighted by molar-refractivity contribution is 6.05. The maximum Gasteiger partial charge on any atom is 0.271 e. The van der Waals surface area contributed by atoms with Gasteiger partial charge in [0.15, 0.2) is 0 Å². The molecule has 0 bridgehead atoms. The Bertz CT molecular complexity index is 729. The van der Waals surface area contributed by atoms with E-state index in [-0.39, 0.29) is 5.69 Å². The number of nitro groups is 1. The van der Waals surface area contributed by atoms with Gasteiger partial charge in [-0.1, -0.05) is 6.07 Å². The van der Waals surface area contributed by atoms with Gasteiger partial charge in [-0.15, -0.1) is 0 Å². The normalized spacial score (nSPS) is 10.2. The van der Waals surface area contributed by atoms with Crippen molar-refractivity contribution < 1.29 is 14.1 Å². The molecule has 0 saturated carbocycles. The van der Waals surface area contributed by atoms with Gasteiger partial charge < -0.3 is 5.32 Å². The number of amides is 1. The largest absolute Gasteiger partial charge is 0.321 e. The fourth-order valence-electron chi connectivity index (χ4n) is 1.93. The second-order valence-corrected chi connectivity index (χ2v) is 4.67. The Morgan fingerprint density at radius 2 is 1.86 bits per heavy atom. The highest BCUT2D eigenvalue weighted by atomic mass is 19.1. The number of nitrogens with zero attached hydrogens (tertiary/aromatic N) is 1. The van der Waals surface area contributed by atoms with Crippen LogP contribution in [0.2, 0.25) is 0 Å². The Morgan fingerprint density at radius 1 is 1.14 bits per heavy atom. The molecule has 5 nitrogen and oxygen atoms in total. The van der Waals surface area contributed by atoms with Gasteiger partial charge in [-0.25, -0.2) is 4.39 Å². The van der Waals surface area contributed by atoms with Crippen molar-refractivity contribution in [3.63, 3.8) is 0 Å². The van der Waals surface area contributed by atoms with Gasteiger partial charge in [0, 0.05) is 17.7 Å². The van der Waals surface area contributed by atoms with Crippen LogP contribution < -0.4 is 5.32 Å². The molecule has 0 radical (unpaired) electrons. The average molecular weight is 288 g/mol. The maximum atomic E-state index is 13.0. The molecular weight excluding hydrogens is 275 g/mol. The van der Waals surface area contributed by atoms with Gasteiger partial charge in [-0.3, -0.25) is 14.9 Å². The van der Waals surface area contributed by atoms with Gasteiger partial charge in [0.1, 0.15) is 5.82 Å². The minimum Gasteiger partial charge on any atom is -0.321 e. The Morgan fingerprint density at radius 3 is 2.48 bits per heavy atom. The molecule has 0 aliphatic carbocycles. The summed E-state index contributed by atoms with van der Waals surface area (Å²) in [4.78, 5) is 22.4. The maximum absolute atomic E-state index is 13.0. The lowest BCUT2D eigenvalue weighted by atomic mass is 10.1. The van der Waals surface area contributed by atoms with Crippen LogP contribution in [0.25, 0.3) is 0 Å². The van der Waals surface area contributed by atoms with Gasteiger partial charge in [-0.2, -0.15) is 0 Å². The molecule has 2 rings (SSSR count). The molecule has 6 heteroatoms. The third-order valence-electron chi connectivity index (χ3n) is 3.11. The Kier molecular flexibility index (Phi) is 3.98. The van der Waals surface area contributed by atoms with E-state index in [2.05, 4.69) is 5.32 Å². The van der Waals surface area contributed by atoms with Gasteiger partial charge in [0.2, 0.25) is 0 Å². The molecule has 0 saturated heterocycles. The van der Waals surface area contributed by atoms with Gasteiger partial charge in [-0.05, 0) is 43.2 Å². The summed E-state index contributed by atoms with van der Waals surface area (Å²) in [7, 11) is 0. The van der Waals surface area contributed by atoms with E-state index >= 15 is 0 Å². The Hall–Kier alpha value is -2.76. The number of nitrogens with one attached hydrogen (secondary N) is 1. The molecule has 0 aliphatic heterocycles. The molecule has 1 amide bonds. The number of benzene rings is 2. The van der Waals surface area contributed by atoms with Crippen LogP contribution in [0.5, 0.6) is 0 Å². The topological polar surface area (TPSA) is 72.2 Å². The Balaban J connectivity index is 2.31. The van der Waals surface area contributed by atoms with E-state index in [1.165, 1.54) is 30.3 Å². The van der Waals surface area contributed by atoms with Crippen molar-refractivity contribution in [1.29, 1.82) is 0 Å². The standard InChI is InChI=1S/C15H13FN2O3/c1-9-3-5-12(18(20)21)8-14(9)17-15(19)13-6-4-11(16)7-10(13)2/h3-8H,1-2H3,(H,17,19). The van der Waals surface area contributed by atoms with Crippen LogP contribution in [0.4, 0.5) is 15.8 Å².